The van der Waals surface area contributed by atoms with Crippen LogP contribution in [0, 0.1) is 0 Å². The van der Waals surface area contributed by atoms with Crippen molar-refractivity contribution >= 4 is 11.9 Å². The van der Waals surface area contributed by atoms with Gasteiger partial charge in [0.05, 0.1) is 6.61 Å². The van der Waals surface area contributed by atoms with Gasteiger partial charge in [-0.3, -0.25) is 9.59 Å². The third-order valence-corrected chi connectivity index (χ3v) is 7.08. The molecule has 0 aromatic rings. The van der Waals surface area contributed by atoms with E-state index in [0.717, 1.165) is 96.3 Å². The van der Waals surface area contributed by atoms with Gasteiger partial charge < -0.3 is 14.6 Å². The summed E-state index contributed by atoms with van der Waals surface area (Å²) in [5.41, 5.74) is 0. The van der Waals surface area contributed by atoms with Crippen molar-refractivity contribution in [3.63, 3.8) is 0 Å². The Morgan fingerprint density at radius 2 is 0.875 bits per heavy atom. The molecule has 5 nitrogen and oxygen atoms in total. The first-order valence-electron chi connectivity index (χ1n) is 18.4. The van der Waals surface area contributed by atoms with Gasteiger partial charge in [-0.2, -0.15) is 0 Å². The van der Waals surface area contributed by atoms with Gasteiger partial charge in [0.2, 0.25) is 0 Å². The van der Waals surface area contributed by atoms with E-state index in [1.54, 1.807) is 0 Å². The highest BCUT2D eigenvalue weighted by Crippen LogP contribution is 2.09. The molecule has 1 unspecified atom stereocenters. The van der Waals surface area contributed by atoms with Crippen molar-refractivity contribution < 1.29 is 24.2 Å². The number of carbonyl (C=O) groups is 2. The summed E-state index contributed by atoms with van der Waals surface area (Å²) in [4.78, 5) is 24.2. The number of hydrogen-bond donors (Lipinski definition) is 1. The number of ether oxygens (including phenoxy) is 2. The molecule has 0 heterocycles. The fourth-order valence-electron chi connectivity index (χ4n) is 4.36. The largest absolute Gasteiger partial charge is 0.462 e. The number of aliphatic hydroxyl groups excluding tert-OH is 1. The molecule has 0 aromatic carbocycles. The van der Waals surface area contributed by atoms with E-state index >= 15 is 0 Å². The van der Waals surface area contributed by atoms with E-state index in [4.69, 9.17) is 9.47 Å². The Morgan fingerprint density at radius 1 is 0.479 bits per heavy atom. The van der Waals surface area contributed by atoms with Crippen molar-refractivity contribution in [1.29, 1.82) is 0 Å². The molecule has 0 aliphatic heterocycles. The van der Waals surface area contributed by atoms with Gasteiger partial charge in [0.25, 0.3) is 0 Å². The van der Waals surface area contributed by atoms with Gasteiger partial charge in [0.1, 0.15) is 6.61 Å². The minimum atomic E-state index is -0.826. The molecule has 5 heteroatoms. The minimum absolute atomic E-state index is 0.113. The van der Waals surface area contributed by atoms with Gasteiger partial charge in [0.15, 0.2) is 6.10 Å². The molecule has 0 saturated heterocycles. The van der Waals surface area contributed by atoms with Crippen LogP contribution < -0.4 is 0 Å². The maximum absolute atomic E-state index is 12.1. The van der Waals surface area contributed by atoms with E-state index in [0.29, 0.717) is 12.8 Å². The summed E-state index contributed by atoms with van der Waals surface area (Å²) in [6.45, 7) is 3.80. The minimum Gasteiger partial charge on any atom is -0.462 e. The molecular weight excluding hydrogens is 596 g/mol. The number of carbonyl (C=O) groups excluding carboxylic acids is 2. The first kappa shape index (κ1) is 44.6. The summed E-state index contributed by atoms with van der Waals surface area (Å²) >= 11 is 0. The molecule has 0 rings (SSSR count). The van der Waals surface area contributed by atoms with Crippen molar-refractivity contribution in [2.24, 2.45) is 0 Å². The van der Waals surface area contributed by atoms with Crippen LogP contribution >= 0.6 is 0 Å². The third-order valence-electron chi connectivity index (χ3n) is 7.08. The zero-order valence-electron chi connectivity index (χ0n) is 30.2. The second-order valence-corrected chi connectivity index (χ2v) is 11.5. The Balaban J connectivity index is 3.78. The van der Waals surface area contributed by atoms with Gasteiger partial charge in [-0.25, -0.2) is 0 Å². The molecule has 0 aliphatic carbocycles. The number of unbranched alkanes of at least 4 members (excludes halogenated alkanes) is 5. The van der Waals surface area contributed by atoms with Crippen molar-refractivity contribution in [3.8, 4) is 0 Å². The highest BCUT2D eigenvalue weighted by atomic mass is 16.6. The SMILES string of the molecule is CCC=CCC=CCC=CCC=CCC=CCC=CCCC(=O)OC(CO)COC(=O)CCCCCCCC=CCC=CCC=CCC. The Kier molecular flexibility index (Phi) is 35.3. The van der Waals surface area contributed by atoms with Gasteiger partial charge in [-0.1, -0.05) is 142 Å². The third kappa shape index (κ3) is 35.4. The van der Waals surface area contributed by atoms with Crippen LogP contribution in [-0.2, 0) is 19.1 Å². The van der Waals surface area contributed by atoms with E-state index in [1.165, 1.54) is 0 Å². The predicted octanol–water partition coefficient (Wildman–Crippen LogP) is 11.5. The smallest absolute Gasteiger partial charge is 0.306 e. The second-order valence-electron chi connectivity index (χ2n) is 11.5. The Morgan fingerprint density at radius 3 is 1.33 bits per heavy atom. The van der Waals surface area contributed by atoms with Crippen LogP contribution in [0.25, 0.3) is 0 Å². The van der Waals surface area contributed by atoms with E-state index in [-0.39, 0.29) is 25.6 Å². The molecule has 0 amide bonds. The van der Waals surface area contributed by atoms with E-state index in [9.17, 15) is 14.7 Å². The van der Waals surface area contributed by atoms with Crippen molar-refractivity contribution in [1.82, 2.24) is 0 Å². The average Bonchev–Trinajstić information content (AvgIpc) is 3.09. The molecule has 0 radical (unpaired) electrons. The van der Waals surface area contributed by atoms with E-state index < -0.39 is 12.1 Å². The molecule has 268 valence electrons. The highest BCUT2D eigenvalue weighted by molar-refractivity contribution is 5.70. The summed E-state index contributed by atoms with van der Waals surface area (Å²) in [5.74, 6) is -0.723. The number of allylic oxidation sites excluding steroid dienone is 18. The van der Waals surface area contributed by atoms with Crippen molar-refractivity contribution in [2.75, 3.05) is 13.2 Å². The fourth-order valence-corrected chi connectivity index (χ4v) is 4.36. The molecule has 48 heavy (non-hydrogen) atoms. The summed E-state index contributed by atoms with van der Waals surface area (Å²) in [5, 5.41) is 9.53. The zero-order chi connectivity index (χ0) is 35.0. The quantitative estimate of drug-likeness (QED) is 0.0454. The van der Waals surface area contributed by atoms with E-state index in [2.05, 4.69) is 111 Å². The lowest BCUT2D eigenvalue weighted by molar-refractivity contribution is -0.161. The number of rotatable bonds is 31. The summed E-state index contributed by atoms with van der Waals surface area (Å²) in [6, 6.07) is 0. The monoisotopic (exact) mass is 662 g/mol. The van der Waals surface area contributed by atoms with Gasteiger partial charge >= 0.3 is 11.9 Å². The van der Waals surface area contributed by atoms with Crippen LogP contribution in [0.4, 0.5) is 0 Å². The maximum Gasteiger partial charge on any atom is 0.306 e. The zero-order valence-corrected chi connectivity index (χ0v) is 30.2. The first-order chi connectivity index (χ1) is 23.6. The molecule has 1 atom stereocenters. The highest BCUT2D eigenvalue weighted by Gasteiger charge is 2.15. The first-order valence-corrected chi connectivity index (χ1v) is 18.4. The Bertz CT molecular complexity index is 1020. The summed E-state index contributed by atoms with van der Waals surface area (Å²) < 4.78 is 10.5. The maximum atomic E-state index is 12.1. The van der Waals surface area contributed by atoms with Crippen molar-refractivity contribution in [3.05, 3.63) is 109 Å². The molecule has 0 aliphatic rings. The topological polar surface area (TPSA) is 72.8 Å². The normalized spacial score (nSPS) is 13.5. The summed E-state index contributed by atoms with van der Waals surface area (Å²) in [6.07, 6.45) is 54.4. The Labute approximate surface area is 293 Å². The lowest BCUT2D eigenvalue weighted by Gasteiger charge is -2.15. The molecular formula is C43H66O5. The predicted molar refractivity (Wildman–Crippen MR) is 205 cm³/mol. The molecule has 0 aromatic heterocycles. The number of esters is 2. The molecule has 0 spiro atoms. The second kappa shape index (κ2) is 38.0. The van der Waals surface area contributed by atoms with Crippen LogP contribution in [0.5, 0.6) is 0 Å². The van der Waals surface area contributed by atoms with Crippen LogP contribution in [0.1, 0.15) is 129 Å². The number of aliphatic hydroxyl groups is 1. The van der Waals surface area contributed by atoms with Gasteiger partial charge in [-0.05, 0) is 83.5 Å². The molecule has 0 fully saturated rings. The van der Waals surface area contributed by atoms with Gasteiger partial charge in [0, 0.05) is 12.8 Å². The standard InChI is InChI=1S/C43H66O5/c1-3-5-7-9-11-13-15-17-19-20-21-22-24-26-28-30-32-34-36-38-43(46)48-41(39-44)40-47-42(45)37-35-33-31-29-27-25-23-18-16-14-12-10-8-6-4-2/h5-8,11-14,17-19,21-23,26,28,32,34,41,44H,3-4,9-10,15-16,20,24-25,27,29-31,33,35-40H2,1-2H3. The molecule has 0 saturated carbocycles. The summed E-state index contributed by atoms with van der Waals surface area (Å²) in [7, 11) is 0. The van der Waals surface area contributed by atoms with E-state index in [1.807, 2.05) is 12.2 Å². The van der Waals surface area contributed by atoms with Gasteiger partial charge in [-0.15, -0.1) is 0 Å². The van der Waals surface area contributed by atoms with Crippen LogP contribution in [0.2, 0.25) is 0 Å². The van der Waals surface area contributed by atoms with Crippen LogP contribution in [0.15, 0.2) is 109 Å². The lowest BCUT2D eigenvalue weighted by atomic mass is 10.1. The molecule has 0 bridgehead atoms. The Hall–Kier alpha value is -3.44. The van der Waals surface area contributed by atoms with Crippen LogP contribution in [-0.4, -0.2) is 36.4 Å². The van der Waals surface area contributed by atoms with Crippen LogP contribution in [0.3, 0.4) is 0 Å². The number of hydrogen-bond acceptors (Lipinski definition) is 5. The average molecular weight is 663 g/mol. The van der Waals surface area contributed by atoms with Crippen molar-refractivity contribution in [2.45, 2.75) is 136 Å². The lowest BCUT2D eigenvalue weighted by Crippen LogP contribution is -2.28. The molecule has 1 N–H and O–H groups in total. The fraction of sp³-hybridized carbons (Fsp3) is 0.535.